The van der Waals surface area contributed by atoms with Crippen LogP contribution in [-0.2, 0) is 6.42 Å². The Morgan fingerprint density at radius 1 is 1.25 bits per heavy atom. The summed E-state index contributed by atoms with van der Waals surface area (Å²) in [5, 5.41) is 7.02. The molecule has 5 nitrogen and oxygen atoms in total. The van der Waals surface area contributed by atoms with Gasteiger partial charge in [-0.1, -0.05) is 6.07 Å². The van der Waals surface area contributed by atoms with Crippen LogP contribution in [0, 0.1) is 6.92 Å². The number of hydrogen-bond acceptors (Lipinski definition) is 6. The third-order valence-corrected chi connectivity index (χ3v) is 6.37. The highest BCUT2D eigenvalue weighted by Gasteiger charge is 2.23. The van der Waals surface area contributed by atoms with Crippen molar-refractivity contribution in [1.29, 1.82) is 0 Å². The summed E-state index contributed by atoms with van der Waals surface area (Å²) >= 11 is 1.84. The smallest absolute Gasteiger partial charge is 0.226 e. The van der Waals surface area contributed by atoms with Crippen LogP contribution in [0.25, 0.3) is 10.9 Å². The van der Waals surface area contributed by atoms with E-state index in [0.29, 0.717) is 12.1 Å². The van der Waals surface area contributed by atoms with Crippen molar-refractivity contribution in [1.82, 2.24) is 15.3 Å². The molecule has 0 aliphatic carbocycles. The molecule has 0 bridgehead atoms. The van der Waals surface area contributed by atoms with Gasteiger partial charge in [0.1, 0.15) is 5.75 Å². The van der Waals surface area contributed by atoms with E-state index in [9.17, 15) is 0 Å². The Kier molecular flexibility index (Phi) is 5.78. The lowest BCUT2D eigenvalue weighted by Crippen LogP contribution is -2.46. The standard InChI is InChI=1S/C22H28N4OS/c1-15(13-19-5-4-12-28-19)23-17-8-10-26(11-9-17)22-24-16(2)20-14-18(27-3)6-7-21(20)25-22/h4-7,12,14-15,17,23H,8-11,13H2,1-3H3/t15-/m1/s1. The Balaban J connectivity index is 1.38. The van der Waals surface area contributed by atoms with Crippen molar-refractivity contribution in [3.05, 3.63) is 46.3 Å². The van der Waals surface area contributed by atoms with Crippen LogP contribution in [0.3, 0.4) is 0 Å². The minimum Gasteiger partial charge on any atom is -0.497 e. The quantitative estimate of drug-likeness (QED) is 0.677. The average molecular weight is 397 g/mol. The van der Waals surface area contributed by atoms with E-state index >= 15 is 0 Å². The monoisotopic (exact) mass is 396 g/mol. The van der Waals surface area contributed by atoms with Gasteiger partial charge < -0.3 is 15.0 Å². The Morgan fingerprint density at radius 2 is 2.07 bits per heavy atom. The summed E-state index contributed by atoms with van der Waals surface area (Å²) in [5.41, 5.74) is 1.98. The molecule has 148 valence electrons. The topological polar surface area (TPSA) is 50.3 Å². The summed E-state index contributed by atoms with van der Waals surface area (Å²) in [6.07, 6.45) is 3.35. The predicted molar refractivity (Wildman–Crippen MR) is 117 cm³/mol. The van der Waals surface area contributed by atoms with Crippen LogP contribution in [-0.4, -0.2) is 42.3 Å². The largest absolute Gasteiger partial charge is 0.497 e. The maximum Gasteiger partial charge on any atom is 0.226 e. The van der Waals surface area contributed by atoms with Crippen molar-refractivity contribution in [2.24, 2.45) is 0 Å². The van der Waals surface area contributed by atoms with E-state index in [1.54, 1.807) is 7.11 Å². The zero-order chi connectivity index (χ0) is 19.5. The number of ether oxygens (including phenoxy) is 1. The van der Waals surface area contributed by atoms with Gasteiger partial charge in [-0.3, -0.25) is 0 Å². The molecular formula is C22H28N4OS. The van der Waals surface area contributed by atoms with Crippen LogP contribution in [0.4, 0.5) is 5.95 Å². The Labute approximate surface area is 170 Å². The van der Waals surface area contributed by atoms with Crippen LogP contribution in [0.2, 0.25) is 0 Å². The van der Waals surface area contributed by atoms with Gasteiger partial charge in [-0.15, -0.1) is 11.3 Å². The number of thiophene rings is 1. The van der Waals surface area contributed by atoms with Gasteiger partial charge in [0.2, 0.25) is 5.95 Å². The summed E-state index contributed by atoms with van der Waals surface area (Å²) in [4.78, 5) is 13.4. The number of aromatic nitrogens is 2. The summed E-state index contributed by atoms with van der Waals surface area (Å²) in [7, 11) is 1.69. The van der Waals surface area contributed by atoms with Crippen LogP contribution in [0.15, 0.2) is 35.7 Å². The zero-order valence-electron chi connectivity index (χ0n) is 16.8. The number of methoxy groups -OCH3 is 1. The molecule has 0 spiro atoms. The van der Waals surface area contributed by atoms with Gasteiger partial charge >= 0.3 is 0 Å². The van der Waals surface area contributed by atoms with E-state index in [2.05, 4.69) is 34.7 Å². The van der Waals surface area contributed by atoms with Crippen LogP contribution >= 0.6 is 11.3 Å². The Bertz CT molecular complexity index is 920. The van der Waals surface area contributed by atoms with Crippen molar-refractivity contribution in [3.8, 4) is 5.75 Å². The second kappa shape index (κ2) is 8.45. The molecule has 0 saturated carbocycles. The van der Waals surface area contributed by atoms with E-state index in [1.807, 2.05) is 36.5 Å². The summed E-state index contributed by atoms with van der Waals surface area (Å²) in [5.74, 6) is 1.69. The van der Waals surface area contributed by atoms with Gasteiger partial charge in [0.15, 0.2) is 0 Å². The fraction of sp³-hybridized carbons (Fsp3) is 0.455. The van der Waals surface area contributed by atoms with Gasteiger partial charge in [-0.25, -0.2) is 9.97 Å². The number of aryl methyl sites for hydroxylation is 1. The van der Waals surface area contributed by atoms with E-state index in [0.717, 1.165) is 60.6 Å². The first-order chi connectivity index (χ1) is 13.6. The Hall–Kier alpha value is -2.18. The molecule has 1 aliphatic heterocycles. The number of fused-ring (bicyclic) bond motifs is 1. The van der Waals surface area contributed by atoms with Crippen LogP contribution in [0.5, 0.6) is 5.75 Å². The van der Waals surface area contributed by atoms with Gasteiger partial charge in [-0.2, -0.15) is 0 Å². The second-order valence-electron chi connectivity index (χ2n) is 7.60. The molecule has 3 aromatic rings. The lowest BCUT2D eigenvalue weighted by Gasteiger charge is -2.34. The lowest BCUT2D eigenvalue weighted by atomic mass is 10.0. The number of hydrogen-bond donors (Lipinski definition) is 1. The normalized spacial score (nSPS) is 16.5. The number of piperidine rings is 1. The molecule has 0 radical (unpaired) electrons. The fourth-order valence-corrected chi connectivity index (χ4v) is 4.79. The van der Waals surface area contributed by atoms with E-state index in [1.165, 1.54) is 4.88 Å². The number of benzene rings is 1. The van der Waals surface area contributed by atoms with Crippen molar-refractivity contribution < 1.29 is 4.74 Å². The molecule has 1 fully saturated rings. The highest BCUT2D eigenvalue weighted by molar-refractivity contribution is 7.09. The number of anilines is 1. The third-order valence-electron chi connectivity index (χ3n) is 5.47. The Morgan fingerprint density at radius 3 is 2.79 bits per heavy atom. The first-order valence-electron chi connectivity index (χ1n) is 9.98. The van der Waals surface area contributed by atoms with Crippen molar-refractivity contribution >= 4 is 28.2 Å². The highest BCUT2D eigenvalue weighted by Crippen LogP contribution is 2.25. The first-order valence-corrected chi connectivity index (χ1v) is 10.9. The minimum atomic E-state index is 0.504. The minimum absolute atomic E-state index is 0.504. The molecular weight excluding hydrogens is 368 g/mol. The molecule has 1 saturated heterocycles. The summed E-state index contributed by atoms with van der Waals surface area (Å²) in [6.45, 7) is 6.32. The number of nitrogens with one attached hydrogen (secondary N) is 1. The SMILES string of the molecule is COc1ccc2nc(N3CCC(N[C@H](C)Cc4cccs4)CC3)nc(C)c2c1. The maximum atomic E-state index is 5.33. The van der Waals surface area contributed by atoms with Gasteiger partial charge in [-0.05, 0) is 62.8 Å². The molecule has 1 aromatic carbocycles. The summed E-state index contributed by atoms with van der Waals surface area (Å²) in [6, 6.07) is 11.4. The first kappa shape index (κ1) is 19.2. The van der Waals surface area contributed by atoms with E-state index in [4.69, 9.17) is 14.7 Å². The van der Waals surface area contributed by atoms with Crippen molar-refractivity contribution in [2.45, 2.75) is 45.2 Å². The van der Waals surface area contributed by atoms with Crippen LogP contribution in [0.1, 0.15) is 30.3 Å². The molecule has 1 N–H and O–H groups in total. The average Bonchev–Trinajstić information content (AvgIpc) is 3.21. The zero-order valence-corrected chi connectivity index (χ0v) is 17.6. The second-order valence-corrected chi connectivity index (χ2v) is 8.64. The van der Waals surface area contributed by atoms with Gasteiger partial charge in [0.25, 0.3) is 0 Å². The summed E-state index contributed by atoms with van der Waals surface area (Å²) < 4.78 is 5.33. The molecule has 1 aliphatic rings. The van der Waals surface area contributed by atoms with Crippen LogP contribution < -0.4 is 15.0 Å². The number of nitrogens with zero attached hydrogens (tertiary/aromatic N) is 3. The van der Waals surface area contributed by atoms with E-state index in [-0.39, 0.29) is 0 Å². The molecule has 4 rings (SSSR count). The van der Waals surface area contributed by atoms with Crippen molar-refractivity contribution in [3.63, 3.8) is 0 Å². The molecule has 1 atom stereocenters. The molecule has 6 heteroatoms. The predicted octanol–water partition coefficient (Wildman–Crippen LogP) is 4.20. The number of rotatable bonds is 6. The molecule has 28 heavy (non-hydrogen) atoms. The van der Waals surface area contributed by atoms with Gasteiger partial charge in [0.05, 0.1) is 18.3 Å². The fourth-order valence-electron chi connectivity index (χ4n) is 3.95. The maximum absolute atomic E-state index is 5.33. The lowest BCUT2D eigenvalue weighted by molar-refractivity contribution is 0.374. The van der Waals surface area contributed by atoms with E-state index < -0.39 is 0 Å². The molecule has 0 unspecified atom stereocenters. The third kappa shape index (κ3) is 4.28. The highest BCUT2D eigenvalue weighted by atomic mass is 32.1. The molecule has 0 amide bonds. The molecule has 3 heterocycles. The van der Waals surface area contributed by atoms with Crippen molar-refractivity contribution in [2.75, 3.05) is 25.1 Å². The molecule has 2 aromatic heterocycles. The van der Waals surface area contributed by atoms with Gasteiger partial charge in [0, 0.05) is 35.4 Å².